The Labute approximate surface area is 179 Å². The summed E-state index contributed by atoms with van der Waals surface area (Å²) in [5.41, 5.74) is 0.00718. The molecule has 0 aliphatic carbocycles. The van der Waals surface area contributed by atoms with E-state index >= 15 is 0 Å². The standard InChI is InChI=1S/C22H26F4N4O/c1-29(2)19(16-4-3-5-18(23)12-16)14-28-21(31)15-8-10-30(11-9-15)20-7-6-17(13-27-20)22(24,25)26/h3-7,12-13,15,19H,8-11,14H2,1-2H3,(H,28,31)/t19-/m0/s1. The van der Waals surface area contributed by atoms with E-state index in [9.17, 15) is 22.4 Å². The molecule has 1 N–H and O–H groups in total. The number of likely N-dealkylation sites (N-methyl/N-ethyl adjacent to an activating group) is 1. The molecule has 1 fully saturated rings. The van der Waals surface area contributed by atoms with Crippen molar-refractivity contribution in [1.29, 1.82) is 0 Å². The molecule has 1 aliphatic rings. The number of hydrogen-bond donors (Lipinski definition) is 1. The first-order valence-electron chi connectivity index (χ1n) is 10.1. The number of alkyl halides is 3. The number of piperidine rings is 1. The van der Waals surface area contributed by atoms with Gasteiger partial charge in [0.05, 0.1) is 11.6 Å². The molecule has 1 amide bonds. The molecule has 0 bridgehead atoms. The predicted molar refractivity (Wildman–Crippen MR) is 110 cm³/mol. The van der Waals surface area contributed by atoms with Crippen LogP contribution in [0.1, 0.15) is 30.0 Å². The third-order valence-corrected chi connectivity index (χ3v) is 5.59. The highest BCUT2D eigenvalue weighted by Gasteiger charge is 2.31. The summed E-state index contributed by atoms with van der Waals surface area (Å²) in [6, 6.07) is 8.55. The molecule has 168 valence electrons. The topological polar surface area (TPSA) is 48.5 Å². The molecule has 1 atom stereocenters. The maximum absolute atomic E-state index is 13.6. The second kappa shape index (κ2) is 9.64. The Kier molecular flexibility index (Phi) is 7.15. The van der Waals surface area contributed by atoms with E-state index in [1.807, 2.05) is 30.0 Å². The van der Waals surface area contributed by atoms with Crippen molar-refractivity contribution in [3.05, 3.63) is 59.5 Å². The average Bonchev–Trinajstić information content (AvgIpc) is 2.73. The van der Waals surface area contributed by atoms with E-state index in [0.717, 1.165) is 17.8 Å². The lowest BCUT2D eigenvalue weighted by atomic mass is 9.95. The van der Waals surface area contributed by atoms with E-state index in [1.165, 1.54) is 18.2 Å². The summed E-state index contributed by atoms with van der Waals surface area (Å²) < 4.78 is 51.6. The molecular weight excluding hydrogens is 412 g/mol. The van der Waals surface area contributed by atoms with Gasteiger partial charge in [0.2, 0.25) is 5.91 Å². The number of nitrogens with zero attached hydrogens (tertiary/aromatic N) is 3. The molecule has 5 nitrogen and oxygen atoms in total. The molecule has 2 heterocycles. The third-order valence-electron chi connectivity index (χ3n) is 5.59. The van der Waals surface area contributed by atoms with E-state index in [2.05, 4.69) is 10.3 Å². The van der Waals surface area contributed by atoms with Crippen LogP contribution in [0, 0.1) is 11.7 Å². The summed E-state index contributed by atoms with van der Waals surface area (Å²) in [4.78, 5) is 20.4. The SMILES string of the molecule is CN(C)[C@@H](CNC(=O)C1CCN(c2ccc(C(F)(F)F)cn2)CC1)c1cccc(F)c1. The molecule has 1 aromatic heterocycles. The van der Waals surface area contributed by atoms with Gasteiger partial charge in [0.25, 0.3) is 0 Å². The van der Waals surface area contributed by atoms with Crippen LogP contribution in [0.3, 0.4) is 0 Å². The summed E-state index contributed by atoms with van der Waals surface area (Å²) in [5.74, 6) is -0.0881. The van der Waals surface area contributed by atoms with E-state index in [4.69, 9.17) is 0 Å². The van der Waals surface area contributed by atoms with Gasteiger partial charge < -0.3 is 15.1 Å². The van der Waals surface area contributed by atoms with E-state index in [-0.39, 0.29) is 23.7 Å². The van der Waals surface area contributed by atoms with Gasteiger partial charge in [-0.3, -0.25) is 4.79 Å². The van der Waals surface area contributed by atoms with Gasteiger partial charge in [0.1, 0.15) is 11.6 Å². The molecule has 2 aromatic rings. The smallest absolute Gasteiger partial charge is 0.357 e. The molecule has 0 unspecified atom stereocenters. The number of amides is 1. The Morgan fingerprint density at radius 2 is 1.94 bits per heavy atom. The average molecular weight is 438 g/mol. The van der Waals surface area contributed by atoms with Crippen molar-refractivity contribution >= 4 is 11.7 Å². The summed E-state index contributed by atoms with van der Waals surface area (Å²) in [5, 5.41) is 2.97. The third kappa shape index (κ3) is 5.94. The van der Waals surface area contributed by atoms with Gasteiger partial charge >= 0.3 is 6.18 Å². The number of halogens is 4. The van der Waals surface area contributed by atoms with Gasteiger partial charge in [-0.1, -0.05) is 12.1 Å². The first-order valence-corrected chi connectivity index (χ1v) is 10.1. The lowest BCUT2D eigenvalue weighted by Gasteiger charge is -2.33. The van der Waals surface area contributed by atoms with Gasteiger partial charge in [0.15, 0.2) is 0 Å². The lowest BCUT2D eigenvalue weighted by Crippen LogP contribution is -2.43. The van der Waals surface area contributed by atoms with Crippen molar-refractivity contribution in [1.82, 2.24) is 15.2 Å². The van der Waals surface area contributed by atoms with Crippen LogP contribution in [0.25, 0.3) is 0 Å². The molecule has 3 rings (SSSR count). The molecule has 31 heavy (non-hydrogen) atoms. The fourth-order valence-corrected chi connectivity index (χ4v) is 3.77. The van der Waals surface area contributed by atoms with Gasteiger partial charge in [-0.05, 0) is 56.8 Å². The molecule has 0 saturated carbocycles. The fourth-order valence-electron chi connectivity index (χ4n) is 3.77. The minimum absolute atomic E-state index is 0.0664. The lowest BCUT2D eigenvalue weighted by molar-refractivity contribution is -0.137. The largest absolute Gasteiger partial charge is 0.417 e. The quantitative estimate of drug-likeness (QED) is 0.696. The molecule has 1 aromatic carbocycles. The summed E-state index contributed by atoms with van der Waals surface area (Å²) in [7, 11) is 3.74. The minimum Gasteiger partial charge on any atom is -0.357 e. The zero-order valence-corrected chi connectivity index (χ0v) is 17.5. The van der Waals surface area contributed by atoms with Crippen molar-refractivity contribution in [2.24, 2.45) is 5.92 Å². The fraction of sp³-hybridized carbons (Fsp3) is 0.455. The summed E-state index contributed by atoms with van der Waals surface area (Å²) in [6.45, 7) is 1.44. The first-order chi connectivity index (χ1) is 14.6. The zero-order valence-electron chi connectivity index (χ0n) is 17.5. The van der Waals surface area contributed by atoms with Crippen LogP contribution < -0.4 is 10.2 Å². The van der Waals surface area contributed by atoms with E-state index in [1.54, 1.807) is 6.07 Å². The molecule has 1 aliphatic heterocycles. The Morgan fingerprint density at radius 3 is 2.48 bits per heavy atom. The van der Waals surface area contributed by atoms with Crippen LogP contribution in [0.4, 0.5) is 23.4 Å². The maximum atomic E-state index is 13.6. The number of carbonyl (C=O) groups is 1. The molecule has 9 heteroatoms. The van der Waals surface area contributed by atoms with Gasteiger partial charge in [-0.25, -0.2) is 9.37 Å². The molecular formula is C22H26F4N4O. The second-order valence-electron chi connectivity index (χ2n) is 7.94. The molecule has 0 radical (unpaired) electrons. The number of carbonyl (C=O) groups excluding carboxylic acids is 1. The zero-order chi connectivity index (χ0) is 22.6. The van der Waals surface area contributed by atoms with Crippen LogP contribution in [-0.2, 0) is 11.0 Å². The highest BCUT2D eigenvalue weighted by molar-refractivity contribution is 5.79. The Bertz CT molecular complexity index is 878. The number of rotatable bonds is 6. The minimum atomic E-state index is -4.41. The Balaban J connectivity index is 1.53. The van der Waals surface area contributed by atoms with Crippen molar-refractivity contribution in [2.45, 2.75) is 25.1 Å². The Hall–Kier alpha value is -2.68. The monoisotopic (exact) mass is 438 g/mol. The highest BCUT2D eigenvalue weighted by Crippen LogP contribution is 2.30. The van der Waals surface area contributed by atoms with Gasteiger partial charge in [0, 0.05) is 31.7 Å². The number of benzene rings is 1. The van der Waals surface area contributed by atoms with Crippen LogP contribution >= 0.6 is 0 Å². The van der Waals surface area contributed by atoms with Crippen molar-refractivity contribution in [3.63, 3.8) is 0 Å². The second-order valence-corrected chi connectivity index (χ2v) is 7.94. The van der Waals surface area contributed by atoms with Crippen molar-refractivity contribution in [2.75, 3.05) is 38.6 Å². The van der Waals surface area contributed by atoms with Gasteiger partial charge in [-0.15, -0.1) is 0 Å². The van der Waals surface area contributed by atoms with E-state index in [0.29, 0.717) is 38.3 Å². The highest BCUT2D eigenvalue weighted by atomic mass is 19.4. The molecule has 1 saturated heterocycles. The van der Waals surface area contributed by atoms with Crippen molar-refractivity contribution < 1.29 is 22.4 Å². The summed E-state index contributed by atoms with van der Waals surface area (Å²) in [6.07, 6.45) is -2.41. The first kappa shape index (κ1) is 23.0. The number of aromatic nitrogens is 1. The molecule has 0 spiro atoms. The van der Waals surface area contributed by atoms with Crippen LogP contribution in [0.5, 0.6) is 0 Å². The normalized spacial score (nSPS) is 16.4. The Morgan fingerprint density at radius 1 is 1.23 bits per heavy atom. The van der Waals surface area contributed by atoms with Gasteiger partial charge in [-0.2, -0.15) is 13.2 Å². The number of pyridine rings is 1. The predicted octanol–water partition coefficient (Wildman–Crippen LogP) is 3.88. The summed E-state index contributed by atoms with van der Waals surface area (Å²) >= 11 is 0. The van der Waals surface area contributed by atoms with E-state index < -0.39 is 11.7 Å². The number of nitrogens with one attached hydrogen (secondary N) is 1. The van der Waals surface area contributed by atoms with Crippen LogP contribution in [-0.4, -0.2) is 49.5 Å². The van der Waals surface area contributed by atoms with Crippen LogP contribution in [0.15, 0.2) is 42.6 Å². The van der Waals surface area contributed by atoms with Crippen LogP contribution in [0.2, 0.25) is 0 Å². The maximum Gasteiger partial charge on any atom is 0.417 e. The number of hydrogen-bond acceptors (Lipinski definition) is 4. The van der Waals surface area contributed by atoms with Crippen molar-refractivity contribution in [3.8, 4) is 0 Å². The number of anilines is 1.